The lowest BCUT2D eigenvalue weighted by Gasteiger charge is -2.40. The van der Waals surface area contributed by atoms with Crippen molar-refractivity contribution in [1.29, 1.82) is 0 Å². The van der Waals surface area contributed by atoms with E-state index in [1.165, 1.54) is 0 Å². The molecule has 1 aliphatic rings. The average Bonchev–Trinajstić information content (AvgIpc) is 2.82. The molecule has 0 aliphatic heterocycles. The second-order valence-electron chi connectivity index (χ2n) is 4.64. The average molecular weight is 226 g/mol. The van der Waals surface area contributed by atoms with Gasteiger partial charge in [0.25, 0.3) is 0 Å². The van der Waals surface area contributed by atoms with E-state index in [0.29, 0.717) is 5.56 Å². The van der Waals surface area contributed by atoms with Crippen LogP contribution in [-0.4, -0.2) is 5.78 Å². The first kappa shape index (κ1) is 10.3. The third kappa shape index (κ3) is 1.52. The van der Waals surface area contributed by atoms with Crippen molar-refractivity contribution >= 4 is 5.78 Å². The molecule has 2 nitrogen and oxygen atoms in total. The molecule has 3 rings (SSSR count). The molecular formula is C15H14O2. The first-order chi connectivity index (χ1) is 8.33. The van der Waals surface area contributed by atoms with E-state index in [9.17, 15) is 4.79 Å². The summed E-state index contributed by atoms with van der Waals surface area (Å²) in [5, 5.41) is 0. The summed E-state index contributed by atoms with van der Waals surface area (Å²) in [4.78, 5) is 12.6. The van der Waals surface area contributed by atoms with E-state index in [0.717, 1.165) is 24.8 Å². The number of Topliss-reactive ketones (excluding diaryl/α,β-unsaturated/α-hetero) is 1. The van der Waals surface area contributed by atoms with Crippen LogP contribution in [-0.2, 0) is 5.41 Å². The van der Waals surface area contributed by atoms with Crippen LogP contribution in [0.15, 0.2) is 53.3 Å². The Bertz CT molecular complexity index is 507. The van der Waals surface area contributed by atoms with Gasteiger partial charge in [0.05, 0.1) is 17.2 Å². The maximum absolute atomic E-state index is 12.6. The van der Waals surface area contributed by atoms with Crippen molar-refractivity contribution in [3.05, 3.63) is 60.1 Å². The number of ketones is 1. The Labute approximate surface area is 100 Å². The van der Waals surface area contributed by atoms with Crippen LogP contribution in [0.5, 0.6) is 0 Å². The molecule has 1 aromatic carbocycles. The third-order valence-corrected chi connectivity index (χ3v) is 3.75. The summed E-state index contributed by atoms with van der Waals surface area (Å²) in [6, 6.07) is 11.8. The van der Waals surface area contributed by atoms with Crippen LogP contribution in [0, 0.1) is 0 Å². The fourth-order valence-electron chi connectivity index (χ4n) is 2.60. The molecule has 0 saturated heterocycles. The molecule has 0 N–H and O–H groups in total. The van der Waals surface area contributed by atoms with E-state index >= 15 is 0 Å². The molecule has 17 heavy (non-hydrogen) atoms. The molecule has 0 unspecified atom stereocenters. The zero-order valence-corrected chi connectivity index (χ0v) is 9.56. The van der Waals surface area contributed by atoms with Gasteiger partial charge in [-0.05, 0) is 24.5 Å². The molecule has 0 radical (unpaired) electrons. The summed E-state index contributed by atoms with van der Waals surface area (Å²) < 4.78 is 5.01. The number of benzene rings is 1. The number of carbonyl (C=O) groups is 1. The lowest BCUT2D eigenvalue weighted by atomic mass is 9.61. The minimum atomic E-state index is -0.300. The van der Waals surface area contributed by atoms with Gasteiger partial charge in [-0.1, -0.05) is 36.8 Å². The highest BCUT2D eigenvalue weighted by molar-refractivity contribution is 6.04. The van der Waals surface area contributed by atoms with Crippen LogP contribution in [0.1, 0.15) is 35.2 Å². The van der Waals surface area contributed by atoms with Crippen LogP contribution in [0.2, 0.25) is 0 Å². The second kappa shape index (κ2) is 3.88. The van der Waals surface area contributed by atoms with Gasteiger partial charge < -0.3 is 4.42 Å². The van der Waals surface area contributed by atoms with Crippen LogP contribution < -0.4 is 0 Å². The SMILES string of the molecule is O=C(c1ccoc1)C1(c2ccccc2)CCC1. The predicted molar refractivity (Wildman–Crippen MR) is 65.0 cm³/mol. The molecule has 1 fully saturated rings. The Balaban J connectivity index is 2.01. The number of furan rings is 1. The molecule has 1 heterocycles. The van der Waals surface area contributed by atoms with E-state index in [1.54, 1.807) is 18.6 Å². The Morgan fingerprint density at radius 1 is 1.12 bits per heavy atom. The largest absolute Gasteiger partial charge is 0.472 e. The summed E-state index contributed by atoms with van der Waals surface area (Å²) in [7, 11) is 0. The van der Waals surface area contributed by atoms with Crippen molar-refractivity contribution in [3.8, 4) is 0 Å². The Morgan fingerprint density at radius 3 is 2.41 bits per heavy atom. The molecule has 0 amide bonds. The van der Waals surface area contributed by atoms with Crippen molar-refractivity contribution in [3.63, 3.8) is 0 Å². The molecule has 1 aliphatic carbocycles. The zero-order chi connectivity index (χ0) is 11.7. The molecule has 0 atom stereocenters. The topological polar surface area (TPSA) is 30.2 Å². The molecule has 1 aromatic heterocycles. The maximum atomic E-state index is 12.6. The van der Waals surface area contributed by atoms with Gasteiger partial charge in [-0.3, -0.25) is 4.79 Å². The second-order valence-corrected chi connectivity index (χ2v) is 4.64. The van der Waals surface area contributed by atoms with Gasteiger partial charge in [0.1, 0.15) is 6.26 Å². The highest BCUT2D eigenvalue weighted by Crippen LogP contribution is 2.46. The fraction of sp³-hybridized carbons (Fsp3) is 0.267. The first-order valence-electron chi connectivity index (χ1n) is 5.95. The quantitative estimate of drug-likeness (QED) is 0.749. The molecule has 1 saturated carbocycles. The predicted octanol–water partition coefficient (Wildman–Crippen LogP) is 3.58. The Morgan fingerprint density at radius 2 is 1.88 bits per heavy atom. The van der Waals surface area contributed by atoms with Gasteiger partial charge in [-0.25, -0.2) is 0 Å². The van der Waals surface area contributed by atoms with Crippen molar-refractivity contribution in [2.24, 2.45) is 0 Å². The van der Waals surface area contributed by atoms with Gasteiger partial charge in [0.15, 0.2) is 5.78 Å². The third-order valence-electron chi connectivity index (χ3n) is 3.75. The first-order valence-corrected chi connectivity index (χ1v) is 5.95. The van der Waals surface area contributed by atoms with Crippen LogP contribution in [0.25, 0.3) is 0 Å². The lowest BCUT2D eigenvalue weighted by molar-refractivity contribution is 0.0788. The maximum Gasteiger partial charge on any atom is 0.176 e. The normalized spacial score (nSPS) is 17.4. The van der Waals surface area contributed by atoms with Crippen molar-refractivity contribution < 1.29 is 9.21 Å². The van der Waals surface area contributed by atoms with E-state index < -0.39 is 0 Å². The number of carbonyl (C=O) groups excluding carboxylic acids is 1. The number of rotatable bonds is 3. The van der Waals surface area contributed by atoms with Crippen LogP contribution in [0.4, 0.5) is 0 Å². The molecule has 0 bridgehead atoms. The lowest BCUT2D eigenvalue weighted by Crippen LogP contribution is -2.42. The highest BCUT2D eigenvalue weighted by Gasteiger charge is 2.45. The minimum absolute atomic E-state index is 0.198. The van der Waals surface area contributed by atoms with Crippen LogP contribution in [0.3, 0.4) is 0 Å². The Kier molecular flexibility index (Phi) is 2.36. The molecule has 0 spiro atoms. The van der Waals surface area contributed by atoms with Crippen LogP contribution >= 0.6 is 0 Å². The van der Waals surface area contributed by atoms with Gasteiger partial charge in [0.2, 0.25) is 0 Å². The smallest absolute Gasteiger partial charge is 0.176 e. The Hall–Kier alpha value is -1.83. The van der Waals surface area contributed by atoms with Crippen molar-refractivity contribution in [1.82, 2.24) is 0 Å². The summed E-state index contributed by atoms with van der Waals surface area (Å²) in [5.74, 6) is 0.198. The molecule has 2 aromatic rings. The molecule has 86 valence electrons. The number of hydrogen-bond donors (Lipinski definition) is 0. The monoisotopic (exact) mass is 226 g/mol. The minimum Gasteiger partial charge on any atom is -0.472 e. The van der Waals surface area contributed by atoms with Gasteiger partial charge >= 0.3 is 0 Å². The van der Waals surface area contributed by atoms with Gasteiger partial charge in [0, 0.05) is 0 Å². The van der Waals surface area contributed by atoms with E-state index in [4.69, 9.17) is 4.42 Å². The summed E-state index contributed by atoms with van der Waals surface area (Å²) in [6.07, 6.45) is 6.12. The number of hydrogen-bond acceptors (Lipinski definition) is 2. The summed E-state index contributed by atoms with van der Waals surface area (Å²) in [6.45, 7) is 0. The standard InChI is InChI=1S/C15H14O2/c16-14(12-7-10-17-11-12)15(8-4-9-15)13-5-2-1-3-6-13/h1-3,5-7,10-11H,4,8-9H2. The van der Waals surface area contributed by atoms with E-state index in [2.05, 4.69) is 12.1 Å². The molecular weight excluding hydrogens is 212 g/mol. The van der Waals surface area contributed by atoms with Gasteiger partial charge in [-0.2, -0.15) is 0 Å². The van der Waals surface area contributed by atoms with Crippen molar-refractivity contribution in [2.45, 2.75) is 24.7 Å². The zero-order valence-electron chi connectivity index (χ0n) is 9.56. The van der Waals surface area contributed by atoms with E-state index in [-0.39, 0.29) is 11.2 Å². The van der Waals surface area contributed by atoms with Gasteiger partial charge in [-0.15, -0.1) is 0 Å². The highest BCUT2D eigenvalue weighted by atomic mass is 16.3. The summed E-state index contributed by atoms with van der Waals surface area (Å²) >= 11 is 0. The van der Waals surface area contributed by atoms with Crippen molar-refractivity contribution in [2.75, 3.05) is 0 Å². The fourth-order valence-corrected chi connectivity index (χ4v) is 2.60. The molecule has 2 heteroatoms. The van der Waals surface area contributed by atoms with E-state index in [1.807, 2.05) is 18.2 Å². The summed E-state index contributed by atoms with van der Waals surface area (Å²) in [5.41, 5.74) is 1.52.